The van der Waals surface area contributed by atoms with Gasteiger partial charge in [-0.2, -0.15) is 0 Å². The molecule has 1 unspecified atom stereocenters. The molecule has 0 bridgehead atoms. The van der Waals surface area contributed by atoms with Gasteiger partial charge in [-0.05, 0) is 31.9 Å². The van der Waals surface area contributed by atoms with E-state index in [-0.39, 0.29) is 17.4 Å². The van der Waals surface area contributed by atoms with Crippen LogP contribution < -0.4 is 0 Å². The Balaban J connectivity index is 1.90. The van der Waals surface area contributed by atoms with Crippen LogP contribution in [-0.4, -0.2) is 33.6 Å². The lowest BCUT2D eigenvalue weighted by atomic mass is 9.64. The zero-order valence-electron chi connectivity index (χ0n) is 13.5. The van der Waals surface area contributed by atoms with Crippen molar-refractivity contribution in [3.63, 3.8) is 0 Å². The average molecular weight is 310 g/mol. The highest BCUT2D eigenvalue weighted by Gasteiger charge is 2.54. The van der Waals surface area contributed by atoms with Gasteiger partial charge >= 0.3 is 0 Å². The fourth-order valence-electron chi connectivity index (χ4n) is 5.49. The van der Waals surface area contributed by atoms with Crippen molar-refractivity contribution in [2.75, 3.05) is 13.1 Å². The van der Waals surface area contributed by atoms with Crippen molar-refractivity contribution in [2.45, 2.75) is 44.8 Å². The van der Waals surface area contributed by atoms with Crippen molar-refractivity contribution in [3.8, 4) is 0 Å². The van der Waals surface area contributed by atoms with E-state index in [0.717, 1.165) is 48.0 Å². The minimum absolute atomic E-state index is 0.0502. The number of aliphatic hydroxyl groups is 1. The van der Waals surface area contributed by atoms with Crippen LogP contribution in [0.25, 0.3) is 10.9 Å². The topological polar surface area (TPSA) is 45.5 Å². The minimum Gasteiger partial charge on any atom is -0.387 e. The molecule has 23 heavy (non-hydrogen) atoms. The number of benzene rings is 1. The van der Waals surface area contributed by atoms with Gasteiger partial charge in [0.2, 0.25) is 5.91 Å². The summed E-state index contributed by atoms with van der Waals surface area (Å²) < 4.78 is 1.92. The highest BCUT2D eigenvalue weighted by Crippen LogP contribution is 2.58. The van der Waals surface area contributed by atoms with Crippen LogP contribution in [0.2, 0.25) is 0 Å². The first-order valence-corrected chi connectivity index (χ1v) is 8.75. The normalized spacial score (nSPS) is 33.0. The molecule has 1 N–H and O–H groups in total. The van der Waals surface area contributed by atoms with Gasteiger partial charge in [-0.15, -0.1) is 0 Å². The first kappa shape index (κ1) is 13.8. The van der Waals surface area contributed by atoms with Crippen molar-refractivity contribution in [3.05, 3.63) is 35.5 Å². The van der Waals surface area contributed by atoms with Crippen LogP contribution in [0.3, 0.4) is 0 Å². The summed E-state index contributed by atoms with van der Waals surface area (Å²) in [6.07, 6.45) is 3.40. The van der Waals surface area contributed by atoms with Crippen LogP contribution in [0, 0.1) is 5.41 Å². The van der Waals surface area contributed by atoms with Crippen LogP contribution >= 0.6 is 0 Å². The molecule has 0 amide bonds. The van der Waals surface area contributed by atoms with Crippen LogP contribution in [0.15, 0.2) is 24.3 Å². The Kier molecular flexibility index (Phi) is 2.67. The van der Waals surface area contributed by atoms with E-state index >= 15 is 0 Å². The number of carbonyl (C=O) groups excluding carboxylic acids is 1. The number of aromatic nitrogens is 1. The molecule has 0 saturated carbocycles. The van der Waals surface area contributed by atoms with Crippen LogP contribution in [0.1, 0.15) is 60.8 Å². The third kappa shape index (κ3) is 1.56. The smallest absolute Gasteiger partial charge is 0.231 e. The van der Waals surface area contributed by atoms with Crippen molar-refractivity contribution < 1.29 is 9.90 Å². The summed E-state index contributed by atoms with van der Waals surface area (Å²) in [4.78, 5) is 15.5. The van der Waals surface area contributed by atoms with Gasteiger partial charge in [-0.25, -0.2) is 0 Å². The van der Waals surface area contributed by atoms with Crippen LogP contribution in [0.5, 0.6) is 0 Å². The fourth-order valence-corrected chi connectivity index (χ4v) is 5.49. The number of para-hydroxylation sites is 1. The Morgan fingerprint density at radius 3 is 3.00 bits per heavy atom. The Morgan fingerprint density at radius 2 is 2.17 bits per heavy atom. The molecular formula is C19H22N2O2. The predicted octanol–water partition coefficient (Wildman–Crippen LogP) is 3.27. The van der Waals surface area contributed by atoms with E-state index in [1.54, 1.807) is 0 Å². The molecule has 1 fully saturated rings. The number of carbonyl (C=O) groups is 1. The van der Waals surface area contributed by atoms with Crippen molar-refractivity contribution >= 4 is 16.8 Å². The summed E-state index contributed by atoms with van der Waals surface area (Å²) in [6, 6.07) is 8.34. The van der Waals surface area contributed by atoms with E-state index < -0.39 is 6.10 Å². The fraction of sp³-hybridized carbons (Fsp3) is 0.526. The van der Waals surface area contributed by atoms with Gasteiger partial charge in [-0.1, -0.05) is 25.1 Å². The molecule has 2 aromatic rings. The maximum atomic E-state index is 13.0. The van der Waals surface area contributed by atoms with Gasteiger partial charge in [0.1, 0.15) is 0 Å². The van der Waals surface area contributed by atoms with Gasteiger partial charge in [0.25, 0.3) is 0 Å². The molecule has 3 aliphatic rings. The predicted molar refractivity (Wildman–Crippen MR) is 88.4 cm³/mol. The lowest BCUT2D eigenvalue weighted by Gasteiger charge is -2.55. The minimum atomic E-state index is -0.494. The number of fused-ring (bicyclic) bond motifs is 3. The largest absolute Gasteiger partial charge is 0.387 e. The van der Waals surface area contributed by atoms with E-state index in [1.165, 1.54) is 0 Å². The molecule has 4 heterocycles. The number of hydrogen-bond donors (Lipinski definition) is 1. The molecule has 4 nitrogen and oxygen atoms in total. The van der Waals surface area contributed by atoms with Crippen LogP contribution in [-0.2, 0) is 0 Å². The zero-order chi connectivity index (χ0) is 15.8. The summed E-state index contributed by atoms with van der Waals surface area (Å²) in [5, 5.41) is 11.9. The maximum absolute atomic E-state index is 13.0. The monoisotopic (exact) mass is 310 g/mol. The Hall–Kier alpha value is -1.65. The Bertz CT molecular complexity index is 824. The molecule has 4 heteroatoms. The van der Waals surface area contributed by atoms with Gasteiger partial charge in [0.15, 0.2) is 0 Å². The van der Waals surface area contributed by atoms with E-state index in [0.29, 0.717) is 13.0 Å². The number of nitrogens with zero attached hydrogens (tertiary/aromatic N) is 2. The zero-order valence-corrected chi connectivity index (χ0v) is 13.5. The summed E-state index contributed by atoms with van der Waals surface area (Å²) in [7, 11) is 0. The SMILES string of the molecule is CC[C@]12CCCN3CC(O)c4c(n(c5ccccc45)C(=O)C1)[C@@H]32. The second kappa shape index (κ2) is 4.46. The highest BCUT2D eigenvalue weighted by atomic mass is 16.3. The van der Waals surface area contributed by atoms with Gasteiger partial charge < -0.3 is 5.11 Å². The third-order valence-corrected chi connectivity index (χ3v) is 6.47. The highest BCUT2D eigenvalue weighted by molar-refractivity contribution is 5.98. The van der Waals surface area contributed by atoms with E-state index in [1.807, 2.05) is 22.8 Å². The molecule has 5 rings (SSSR count). The van der Waals surface area contributed by atoms with Crippen molar-refractivity contribution in [1.29, 1.82) is 0 Å². The van der Waals surface area contributed by atoms with Gasteiger partial charge in [0, 0.05) is 29.3 Å². The molecular weight excluding hydrogens is 288 g/mol. The standard InChI is InChI=1S/C19H22N2O2/c1-2-19-8-5-9-20-11-14(22)16-12-6-3-4-7-13(12)21(15(23)10-19)17(16)18(19)20/h3-4,6-7,14,18,22H,2,5,8-11H2,1H3/t14?,18-,19+/m1/s1. The van der Waals surface area contributed by atoms with Crippen molar-refractivity contribution in [1.82, 2.24) is 9.47 Å². The molecule has 1 aromatic heterocycles. The average Bonchev–Trinajstić information content (AvgIpc) is 2.90. The molecule has 0 radical (unpaired) electrons. The first-order valence-electron chi connectivity index (χ1n) is 8.75. The van der Waals surface area contributed by atoms with Gasteiger partial charge in [-0.3, -0.25) is 14.3 Å². The Morgan fingerprint density at radius 1 is 1.35 bits per heavy atom. The second-order valence-corrected chi connectivity index (χ2v) is 7.45. The van der Waals surface area contributed by atoms with E-state index in [9.17, 15) is 9.90 Å². The molecule has 0 spiro atoms. The lowest BCUT2D eigenvalue weighted by molar-refractivity contribution is -0.0452. The lowest BCUT2D eigenvalue weighted by Crippen LogP contribution is -2.54. The molecule has 3 atom stereocenters. The molecule has 120 valence electrons. The number of hydrogen-bond acceptors (Lipinski definition) is 3. The number of aliphatic hydroxyl groups excluding tert-OH is 1. The molecule has 3 aliphatic heterocycles. The summed E-state index contributed by atoms with van der Waals surface area (Å²) >= 11 is 0. The Labute approximate surface area is 135 Å². The van der Waals surface area contributed by atoms with E-state index in [2.05, 4.69) is 17.9 Å². The quantitative estimate of drug-likeness (QED) is 0.879. The summed E-state index contributed by atoms with van der Waals surface area (Å²) in [5.41, 5.74) is 3.12. The van der Waals surface area contributed by atoms with Gasteiger partial charge in [0.05, 0.1) is 23.4 Å². The number of rotatable bonds is 1. The maximum Gasteiger partial charge on any atom is 0.231 e. The van der Waals surface area contributed by atoms with Crippen LogP contribution in [0.4, 0.5) is 0 Å². The first-order chi connectivity index (χ1) is 11.2. The second-order valence-electron chi connectivity index (χ2n) is 7.45. The molecule has 0 aliphatic carbocycles. The summed E-state index contributed by atoms with van der Waals surface area (Å²) in [5.74, 6) is 0.205. The molecule has 1 aromatic carbocycles. The van der Waals surface area contributed by atoms with E-state index in [4.69, 9.17) is 0 Å². The third-order valence-electron chi connectivity index (χ3n) is 6.47. The summed E-state index contributed by atoms with van der Waals surface area (Å²) in [6.45, 7) is 3.94. The molecule has 1 saturated heterocycles. The number of piperidine rings is 1. The van der Waals surface area contributed by atoms with Crippen molar-refractivity contribution in [2.24, 2.45) is 5.41 Å².